The van der Waals surface area contributed by atoms with Crippen LogP contribution in [-0.2, 0) is 6.61 Å². The highest BCUT2D eigenvalue weighted by atomic mass is 79.9. The molecule has 0 aliphatic rings. The lowest BCUT2D eigenvalue weighted by Crippen LogP contribution is -2.17. The number of phenols is 1. The van der Waals surface area contributed by atoms with E-state index in [1.165, 1.54) is 6.21 Å². The van der Waals surface area contributed by atoms with Gasteiger partial charge in [-0.25, -0.2) is 5.43 Å². The summed E-state index contributed by atoms with van der Waals surface area (Å²) in [5.74, 6) is 0.0708. The van der Waals surface area contributed by atoms with Crippen molar-refractivity contribution in [2.45, 2.75) is 6.61 Å². The zero-order valence-electron chi connectivity index (χ0n) is 17.1. The minimum Gasteiger partial charge on any atom is -0.507 e. The number of carbonyl (C=O) groups is 1. The van der Waals surface area contributed by atoms with Gasteiger partial charge in [-0.1, -0.05) is 52.3 Å². The van der Waals surface area contributed by atoms with E-state index in [1.54, 1.807) is 12.1 Å². The summed E-state index contributed by atoms with van der Waals surface area (Å²) >= 11 is 10.5. The number of halogens is 3. The normalized spacial score (nSPS) is 11.1. The molecule has 166 valence electrons. The topological polar surface area (TPSA) is 70.9 Å². The molecule has 0 saturated heterocycles. The Hall–Kier alpha value is -2.68. The average molecular weight is 633 g/mol. The molecule has 0 heterocycles. The molecule has 33 heavy (non-hydrogen) atoms. The second-order valence-electron chi connectivity index (χ2n) is 7.14. The van der Waals surface area contributed by atoms with Crippen LogP contribution in [-0.4, -0.2) is 17.2 Å². The van der Waals surface area contributed by atoms with Gasteiger partial charge >= 0.3 is 0 Å². The Bertz CT molecular complexity index is 1330. The Kier molecular flexibility index (Phi) is 7.47. The van der Waals surface area contributed by atoms with Crippen LogP contribution in [0, 0.1) is 0 Å². The van der Waals surface area contributed by atoms with Gasteiger partial charge in [0, 0.05) is 4.47 Å². The maximum absolute atomic E-state index is 12.5. The van der Waals surface area contributed by atoms with Gasteiger partial charge in [0.1, 0.15) is 18.1 Å². The lowest BCUT2D eigenvalue weighted by molar-refractivity contribution is 0.0952. The molecule has 0 bridgehead atoms. The van der Waals surface area contributed by atoms with E-state index in [0.717, 1.165) is 35.3 Å². The number of nitrogens with one attached hydrogen (secondary N) is 1. The van der Waals surface area contributed by atoms with Crippen LogP contribution in [0.25, 0.3) is 10.8 Å². The van der Waals surface area contributed by atoms with Crippen molar-refractivity contribution in [1.29, 1.82) is 0 Å². The summed E-state index contributed by atoms with van der Waals surface area (Å²) in [5, 5.41) is 15.9. The molecule has 1 amide bonds. The highest BCUT2D eigenvalue weighted by molar-refractivity contribution is 9.11. The number of hydrogen-bond acceptors (Lipinski definition) is 4. The Morgan fingerprint density at radius 1 is 0.939 bits per heavy atom. The summed E-state index contributed by atoms with van der Waals surface area (Å²) in [6.07, 6.45) is 1.52. The van der Waals surface area contributed by atoms with Crippen molar-refractivity contribution in [2.75, 3.05) is 0 Å². The maximum Gasteiger partial charge on any atom is 0.275 e. The molecule has 0 aromatic heterocycles. The molecule has 0 saturated carbocycles. The van der Waals surface area contributed by atoms with Crippen molar-refractivity contribution in [3.8, 4) is 11.5 Å². The van der Waals surface area contributed by atoms with Gasteiger partial charge in [0.2, 0.25) is 0 Å². The Morgan fingerprint density at radius 2 is 1.58 bits per heavy atom. The van der Waals surface area contributed by atoms with E-state index in [-0.39, 0.29) is 11.3 Å². The lowest BCUT2D eigenvalue weighted by Gasteiger charge is -2.11. The number of carbonyl (C=O) groups excluding carboxylic acids is 1. The summed E-state index contributed by atoms with van der Waals surface area (Å²) in [4.78, 5) is 12.5. The van der Waals surface area contributed by atoms with Crippen LogP contribution in [0.15, 0.2) is 91.3 Å². The number of ether oxygens (including phenoxy) is 1. The number of nitrogens with zero attached hydrogens (tertiary/aromatic N) is 1. The lowest BCUT2D eigenvalue weighted by atomic mass is 10.1. The van der Waals surface area contributed by atoms with Crippen LogP contribution in [0.3, 0.4) is 0 Å². The number of rotatable bonds is 6. The molecule has 8 heteroatoms. The average Bonchev–Trinajstić information content (AvgIpc) is 2.79. The third-order valence-electron chi connectivity index (χ3n) is 4.81. The van der Waals surface area contributed by atoms with Crippen LogP contribution in [0.2, 0.25) is 0 Å². The second kappa shape index (κ2) is 10.5. The highest BCUT2D eigenvalue weighted by Gasteiger charge is 2.12. The molecule has 0 aliphatic carbocycles. The molecule has 0 spiro atoms. The minimum atomic E-state index is -0.498. The van der Waals surface area contributed by atoms with E-state index in [2.05, 4.69) is 58.3 Å². The first kappa shape index (κ1) is 23.5. The summed E-state index contributed by atoms with van der Waals surface area (Å²) in [6, 6.07) is 22.3. The molecule has 0 fully saturated rings. The van der Waals surface area contributed by atoms with E-state index in [9.17, 15) is 9.90 Å². The van der Waals surface area contributed by atoms with Gasteiger partial charge in [-0.15, -0.1) is 0 Å². The summed E-state index contributed by atoms with van der Waals surface area (Å²) in [6.45, 7) is 0.420. The smallest absolute Gasteiger partial charge is 0.275 e. The van der Waals surface area contributed by atoms with Crippen LogP contribution in [0.4, 0.5) is 0 Å². The van der Waals surface area contributed by atoms with Gasteiger partial charge in [-0.3, -0.25) is 4.79 Å². The first-order chi connectivity index (χ1) is 15.9. The van der Waals surface area contributed by atoms with Gasteiger partial charge < -0.3 is 9.84 Å². The number of fused-ring (bicyclic) bond motifs is 1. The molecule has 0 atom stereocenters. The number of aromatic hydroxyl groups is 1. The van der Waals surface area contributed by atoms with Crippen LogP contribution >= 0.6 is 47.8 Å². The molecule has 5 nitrogen and oxygen atoms in total. The second-order valence-corrected chi connectivity index (χ2v) is 9.77. The molecule has 0 radical (unpaired) electrons. The Labute approximate surface area is 215 Å². The van der Waals surface area contributed by atoms with E-state index in [0.29, 0.717) is 12.4 Å². The maximum atomic E-state index is 12.5. The van der Waals surface area contributed by atoms with E-state index in [4.69, 9.17) is 4.74 Å². The van der Waals surface area contributed by atoms with Crippen molar-refractivity contribution >= 4 is 70.7 Å². The molecular formula is C25H17Br3N2O3. The van der Waals surface area contributed by atoms with Gasteiger partial charge in [0.25, 0.3) is 5.91 Å². The number of hydrogen-bond donors (Lipinski definition) is 2. The third-order valence-corrected chi connectivity index (χ3v) is 6.51. The molecule has 4 rings (SSSR count). The van der Waals surface area contributed by atoms with Crippen LogP contribution < -0.4 is 10.2 Å². The molecule has 4 aromatic rings. The van der Waals surface area contributed by atoms with Crippen LogP contribution in [0.1, 0.15) is 21.5 Å². The van der Waals surface area contributed by atoms with Crippen molar-refractivity contribution in [3.63, 3.8) is 0 Å². The van der Waals surface area contributed by atoms with Crippen molar-refractivity contribution in [3.05, 3.63) is 103 Å². The first-order valence-corrected chi connectivity index (χ1v) is 12.2. The van der Waals surface area contributed by atoms with Crippen molar-refractivity contribution < 1.29 is 14.6 Å². The van der Waals surface area contributed by atoms with E-state index in [1.807, 2.05) is 60.7 Å². The quantitative estimate of drug-likeness (QED) is 0.175. The van der Waals surface area contributed by atoms with Gasteiger partial charge in [0.05, 0.1) is 20.7 Å². The molecule has 0 aliphatic heterocycles. The third kappa shape index (κ3) is 5.82. The van der Waals surface area contributed by atoms with Gasteiger partial charge in [-0.2, -0.15) is 5.10 Å². The largest absolute Gasteiger partial charge is 0.507 e. The number of amides is 1. The van der Waals surface area contributed by atoms with Crippen molar-refractivity contribution in [1.82, 2.24) is 5.43 Å². The minimum absolute atomic E-state index is 0.0980. The van der Waals surface area contributed by atoms with Gasteiger partial charge in [0.15, 0.2) is 0 Å². The van der Waals surface area contributed by atoms with E-state index >= 15 is 0 Å². The Balaban J connectivity index is 1.43. The zero-order valence-corrected chi connectivity index (χ0v) is 21.8. The number of benzene rings is 4. The highest BCUT2D eigenvalue weighted by Crippen LogP contribution is 2.35. The summed E-state index contributed by atoms with van der Waals surface area (Å²) < 4.78 is 8.45. The predicted molar refractivity (Wildman–Crippen MR) is 141 cm³/mol. The first-order valence-electron chi connectivity index (χ1n) is 9.82. The Morgan fingerprint density at radius 3 is 2.24 bits per heavy atom. The SMILES string of the molecule is O=C(NN=Cc1cc(Br)c(OCc2ccc(Br)cc2)c(Br)c1)c1cc2ccccc2cc1O. The van der Waals surface area contributed by atoms with Gasteiger partial charge in [-0.05, 0) is 90.2 Å². The monoisotopic (exact) mass is 630 g/mol. The summed E-state index contributed by atoms with van der Waals surface area (Å²) in [7, 11) is 0. The molecule has 0 unspecified atom stereocenters. The fraction of sp³-hybridized carbons (Fsp3) is 0.0400. The summed E-state index contributed by atoms with van der Waals surface area (Å²) in [5.41, 5.74) is 4.41. The van der Waals surface area contributed by atoms with Crippen molar-refractivity contribution in [2.24, 2.45) is 5.10 Å². The number of phenolic OH excluding ortho intramolecular Hbond substituents is 1. The number of hydrazone groups is 1. The zero-order chi connectivity index (χ0) is 23.4. The molecular weight excluding hydrogens is 616 g/mol. The standard InChI is InChI=1S/C25H17Br3N2O3/c26-19-7-5-15(6-8-19)14-33-24-21(27)9-16(10-22(24)28)13-29-30-25(32)20-11-17-3-1-2-4-18(17)12-23(20)31/h1-13,31H,14H2,(H,30,32). The van der Waals surface area contributed by atoms with E-state index < -0.39 is 5.91 Å². The van der Waals surface area contributed by atoms with Crippen LogP contribution in [0.5, 0.6) is 11.5 Å². The molecule has 2 N–H and O–H groups in total. The predicted octanol–water partition coefficient (Wildman–Crippen LogP) is 7.18. The fourth-order valence-electron chi connectivity index (χ4n) is 3.16. The molecule has 4 aromatic carbocycles. The fourth-order valence-corrected chi connectivity index (χ4v) is 4.88.